The van der Waals surface area contributed by atoms with E-state index in [1.165, 1.54) is 16.5 Å². The topological polar surface area (TPSA) is 0 Å². The second-order valence-corrected chi connectivity index (χ2v) is 4.46. The molecule has 0 aromatic heterocycles. The molecule has 2 rings (SSSR count). The Morgan fingerprint density at radius 1 is 1.08 bits per heavy atom. The molecule has 3 atom stereocenters. The first kappa shape index (κ1) is 9.13. The molecule has 0 bridgehead atoms. The Bertz CT molecular complexity index is 363. The molecule has 0 aliphatic heterocycles. The van der Waals surface area contributed by atoms with Crippen molar-refractivity contribution in [2.24, 2.45) is 0 Å². The van der Waals surface area contributed by atoms with Crippen LogP contribution < -0.4 is 0 Å². The molecule has 0 N–H and O–H groups in total. The predicted molar refractivity (Wildman–Crippen MR) is 65.7 cm³/mol. The first-order valence-corrected chi connectivity index (χ1v) is 5.52. The zero-order valence-corrected chi connectivity index (χ0v) is 9.58. The van der Waals surface area contributed by atoms with Gasteiger partial charge in [0.25, 0.3) is 0 Å². The summed E-state index contributed by atoms with van der Waals surface area (Å²) in [5.74, 6) is 0. The van der Waals surface area contributed by atoms with Crippen LogP contribution in [0, 0.1) is 0 Å². The smallest absolute Gasteiger partial charge is 0.0172 e. The lowest BCUT2D eigenvalue weighted by Crippen LogP contribution is -1.87. The van der Waals surface area contributed by atoms with Crippen molar-refractivity contribution >= 4 is 24.1 Å². The van der Waals surface area contributed by atoms with Gasteiger partial charge in [0, 0.05) is 5.66 Å². The molecule has 2 heteroatoms. The minimum atomic E-state index is 0.486. The highest BCUT2D eigenvalue weighted by Crippen LogP contribution is 2.35. The Kier molecular flexibility index (Phi) is 2.63. The maximum atomic E-state index is 2.82. The summed E-state index contributed by atoms with van der Waals surface area (Å²) in [7, 11) is 5.64. The number of hydrogen-bond donors (Lipinski definition) is 0. The van der Waals surface area contributed by atoms with Crippen molar-refractivity contribution in [3.05, 3.63) is 53.4 Å². The van der Waals surface area contributed by atoms with Crippen LogP contribution in [0.1, 0.15) is 5.56 Å². The third kappa shape index (κ3) is 1.75. The van der Waals surface area contributed by atoms with E-state index in [0.29, 0.717) is 5.66 Å². The van der Waals surface area contributed by atoms with Gasteiger partial charge in [0.2, 0.25) is 0 Å². The van der Waals surface area contributed by atoms with Crippen molar-refractivity contribution in [1.82, 2.24) is 0 Å². The Morgan fingerprint density at radius 3 is 2.31 bits per heavy atom. The molecule has 13 heavy (non-hydrogen) atoms. The summed E-state index contributed by atoms with van der Waals surface area (Å²) >= 11 is 0. The van der Waals surface area contributed by atoms with E-state index in [0.717, 1.165) is 0 Å². The second kappa shape index (κ2) is 3.74. The van der Waals surface area contributed by atoms with Gasteiger partial charge in [-0.25, -0.2) is 0 Å². The first-order valence-electron chi connectivity index (χ1n) is 4.28. The molecule has 0 amide bonds. The van der Waals surface area contributed by atoms with Crippen molar-refractivity contribution in [3.63, 3.8) is 0 Å². The highest BCUT2D eigenvalue weighted by molar-refractivity contribution is 7.28. The van der Waals surface area contributed by atoms with Crippen molar-refractivity contribution < 1.29 is 0 Å². The largest absolute Gasteiger partial charge is 0.126 e. The summed E-state index contributed by atoms with van der Waals surface area (Å²) in [6.07, 6.45) is 4.39. The first-order chi connectivity index (χ1) is 6.29. The molecule has 0 fully saturated rings. The van der Waals surface area contributed by atoms with Crippen LogP contribution in [0.15, 0.2) is 47.8 Å². The molecule has 3 unspecified atom stereocenters. The number of allylic oxidation sites excluding steroid dienone is 4. The molecule has 1 aliphatic rings. The fourth-order valence-corrected chi connectivity index (χ4v) is 2.12. The van der Waals surface area contributed by atoms with E-state index < -0.39 is 0 Å². The maximum absolute atomic E-state index is 2.82. The van der Waals surface area contributed by atoms with Crippen LogP contribution in [-0.2, 0) is 0 Å². The number of benzene rings is 1. The normalized spacial score (nSPS) is 21.2. The van der Waals surface area contributed by atoms with E-state index in [4.69, 9.17) is 0 Å². The molecule has 0 saturated carbocycles. The van der Waals surface area contributed by atoms with Crippen molar-refractivity contribution in [3.8, 4) is 0 Å². The van der Waals surface area contributed by atoms with Gasteiger partial charge in [-0.2, -0.15) is 0 Å². The highest BCUT2D eigenvalue weighted by atomic mass is 31.0. The van der Waals surface area contributed by atoms with E-state index in [1.807, 2.05) is 6.07 Å². The highest BCUT2D eigenvalue weighted by Gasteiger charge is 2.13. The molecule has 1 aliphatic carbocycles. The maximum Gasteiger partial charge on any atom is 0.0172 e. The lowest BCUT2D eigenvalue weighted by Gasteiger charge is -2.05. The SMILES string of the molecule is PC1=C(c2ccccc2)C=CC1P. The predicted octanol–water partition coefficient (Wildman–Crippen LogP) is 3.09. The fraction of sp³-hybridized carbons (Fsp3) is 0.0909. The van der Waals surface area contributed by atoms with E-state index in [2.05, 4.69) is 54.9 Å². The van der Waals surface area contributed by atoms with Crippen LogP contribution >= 0.6 is 18.5 Å². The van der Waals surface area contributed by atoms with Crippen LogP contribution in [0.25, 0.3) is 5.57 Å². The summed E-state index contributed by atoms with van der Waals surface area (Å²) in [5.41, 5.74) is 3.12. The standard InChI is InChI=1S/C11H12P2/c12-10-7-6-9(11(10)13)8-4-2-1-3-5-8/h1-7,10H,12-13H2. The Labute approximate surface area is 83.5 Å². The zero-order chi connectivity index (χ0) is 9.26. The van der Waals surface area contributed by atoms with Gasteiger partial charge >= 0.3 is 0 Å². The molecule has 0 spiro atoms. The molecule has 1 aromatic carbocycles. The quantitative estimate of drug-likeness (QED) is 0.619. The van der Waals surface area contributed by atoms with E-state index >= 15 is 0 Å². The van der Waals surface area contributed by atoms with Gasteiger partial charge in [-0.05, 0) is 16.5 Å². The average molecular weight is 206 g/mol. The Balaban J connectivity index is 2.44. The number of rotatable bonds is 1. The van der Waals surface area contributed by atoms with E-state index in [9.17, 15) is 0 Å². The molecule has 0 nitrogen and oxygen atoms in total. The van der Waals surface area contributed by atoms with Crippen LogP contribution in [0.4, 0.5) is 0 Å². The molecule has 0 saturated heterocycles. The van der Waals surface area contributed by atoms with Crippen molar-refractivity contribution in [2.75, 3.05) is 0 Å². The Hall–Kier alpha value is -0.440. The molecule has 1 aromatic rings. The summed E-state index contributed by atoms with van der Waals surface area (Å²) in [5, 5.41) is 1.36. The lowest BCUT2D eigenvalue weighted by molar-refractivity contribution is 1.44. The average Bonchev–Trinajstić information content (AvgIpc) is 2.49. The minimum absolute atomic E-state index is 0.486. The Morgan fingerprint density at radius 2 is 1.77 bits per heavy atom. The van der Waals surface area contributed by atoms with Crippen LogP contribution in [0.5, 0.6) is 0 Å². The molecule has 66 valence electrons. The third-order valence-electron chi connectivity index (χ3n) is 2.23. The van der Waals surface area contributed by atoms with E-state index in [1.54, 1.807) is 0 Å². The summed E-state index contributed by atoms with van der Waals surface area (Å²) in [6, 6.07) is 10.5. The van der Waals surface area contributed by atoms with Gasteiger partial charge in [-0.1, -0.05) is 42.5 Å². The van der Waals surface area contributed by atoms with Crippen molar-refractivity contribution in [2.45, 2.75) is 5.66 Å². The van der Waals surface area contributed by atoms with Gasteiger partial charge in [0.15, 0.2) is 0 Å². The van der Waals surface area contributed by atoms with Crippen LogP contribution in [0.3, 0.4) is 0 Å². The zero-order valence-electron chi connectivity index (χ0n) is 7.27. The summed E-state index contributed by atoms with van der Waals surface area (Å²) in [4.78, 5) is 0. The van der Waals surface area contributed by atoms with Gasteiger partial charge < -0.3 is 0 Å². The second-order valence-electron chi connectivity index (χ2n) is 3.12. The molecule has 0 heterocycles. The van der Waals surface area contributed by atoms with Gasteiger partial charge in [-0.15, -0.1) is 18.5 Å². The number of hydrogen-bond acceptors (Lipinski definition) is 0. The minimum Gasteiger partial charge on any atom is -0.126 e. The summed E-state index contributed by atoms with van der Waals surface area (Å²) in [6.45, 7) is 0. The van der Waals surface area contributed by atoms with Crippen LogP contribution in [0.2, 0.25) is 0 Å². The van der Waals surface area contributed by atoms with Gasteiger partial charge in [0.1, 0.15) is 0 Å². The molecular formula is C11H12P2. The van der Waals surface area contributed by atoms with Gasteiger partial charge in [0.05, 0.1) is 0 Å². The molecular weight excluding hydrogens is 194 g/mol. The molecule has 0 radical (unpaired) electrons. The van der Waals surface area contributed by atoms with Crippen molar-refractivity contribution in [1.29, 1.82) is 0 Å². The van der Waals surface area contributed by atoms with Crippen LogP contribution in [-0.4, -0.2) is 5.66 Å². The van der Waals surface area contributed by atoms with Gasteiger partial charge in [-0.3, -0.25) is 0 Å². The lowest BCUT2D eigenvalue weighted by atomic mass is 10.1. The monoisotopic (exact) mass is 206 g/mol. The van der Waals surface area contributed by atoms with E-state index in [-0.39, 0.29) is 0 Å². The fourth-order valence-electron chi connectivity index (χ4n) is 1.46. The summed E-state index contributed by atoms with van der Waals surface area (Å²) < 4.78 is 0. The third-order valence-corrected chi connectivity index (χ3v) is 3.89.